The first kappa shape index (κ1) is 12.7. The Morgan fingerprint density at radius 3 is 2.44 bits per heavy atom. The second kappa shape index (κ2) is 5.73. The number of nitrogens with zero attached hydrogens (tertiary/aromatic N) is 1. The van der Waals surface area contributed by atoms with Gasteiger partial charge in [-0.25, -0.2) is 8.78 Å². The summed E-state index contributed by atoms with van der Waals surface area (Å²) < 4.78 is 26.7. The molecule has 0 amide bonds. The summed E-state index contributed by atoms with van der Waals surface area (Å²) in [5.74, 6) is -2.31. The van der Waals surface area contributed by atoms with Gasteiger partial charge in [0.15, 0.2) is 5.78 Å². The van der Waals surface area contributed by atoms with Crippen LogP contribution in [0.25, 0.3) is 0 Å². The van der Waals surface area contributed by atoms with Crippen molar-refractivity contribution < 1.29 is 13.6 Å². The SMILES string of the molecule is O=C(C=CN1CCNCC1)c1c(F)cccc1F. The Bertz CT molecular complexity index is 448. The van der Waals surface area contributed by atoms with E-state index in [0.29, 0.717) is 0 Å². The van der Waals surface area contributed by atoms with Crippen LogP contribution in [0.3, 0.4) is 0 Å². The molecule has 0 aromatic heterocycles. The van der Waals surface area contributed by atoms with Gasteiger partial charge in [0.2, 0.25) is 0 Å². The molecule has 1 fully saturated rings. The molecule has 5 heteroatoms. The van der Waals surface area contributed by atoms with Crippen molar-refractivity contribution in [3.8, 4) is 0 Å². The predicted octanol–water partition coefficient (Wildman–Crippen LogP) is 1.57. The Hall–Kier alpha value is -1.75. The number of piperazine rings is 1. The van der Waals surface area contributed by atoms with E-state index < -0.39 is 23.0 Å². The van der Waals surface area contributed by atoms with Gasteiger partial charge >= 0.3 is 0 Å². The highest BCUT2D eigenvalue weighted by Gasteiger charge is 2.14. The van der Waals surface area contributed by atoms with E-state index >= 15 is 0 Å². The smallest absolute Gasteiger partial charge is 0.193 e. The van der Waals surface area contributed by atoms with Gasteiger partial charge in [0.05, 0.1) is 5.56 Å². The van der Waals surface area contributed by atoms with Crippen molar-refractivity contribution in [2.45, 2.75) is 0 Å². The zero-order valence-corrected chi connectivity index (χ0v) is 9.83. The zero-order chi connectivity index (χ0) is 13.0. The van der Waals surface area contributed by atoms with Gasteiger partial charge in [0.25, 0.3) is 0 Å². The van der Waals surface area contributed by atoms with Gasteiger partial charge < -0.3 is 10.2 Å². The van der Waals surface area contributed by atoms with Crippen LogP contribution in [0.15, 0.2) is 30.5 Å². The van der Waals surface area contributed by atoms with Crippen molar-refractivity contribution >= 4 is 5.78 Å². The fourth-order valence-electron chi connectivity index (χ4n) is 1.82. The van der Waals surface area contributed by atoms with Crippen LogP contribution in [-0.4, -0.2) is 36.9 Å². The molecule has 1 aromatic rings. The minimum absolute atomic E-state index is 0.496. The normalized spacial score (nSPS) is 16.2. The zero-order valence-electron chi connectivity index (χ0n) is 9.83. The average Bonchev–Trinajstić information content (AvgIpc) is 2.37. The highest BCUT2D eigenvalue weighted by molar-refractivity contribution is 6.04. The van der Waals surface area contributed by atoms with Crippen LogP contribution in [0.4, 0.5) is 8.78 Å². The van der Waals surface area contributed by atoms with Gasteiger partial charge in [-0.15, -0.1) is 0 Å². The lowest BCUT2D eigenvalue weighted by molar-refractivity contribution is 0.103. The number of hydrogen-bond donors (Lipinski definition) is 1. The minimum atomic E-state index is -0.829. The number of hydrogen-bond acceptors (Lipinski definition) is 3. The molecule has 1 saturated heterocycles. The molecule has 0 aliphatic carbocycles. The Balaban J connectivity index is 2.09. The second-order valence-electron chi connectivity index (χ2n) is 4.06. The molecule has 2 rings (SSSR count). The van der Waals surface area contributed by atoms with E-state index in [1.165, 1.54) is 12.1 Å². The fraction of sp³-hybridized carbons (Fsp3) is 0.308. The van der Waals surface area contributed by atoms with Gasteiger partial charge in [-0.1, -0.05) is 6.07 Å². The molecule has 3 nitrogen and oxygen atoms in total. The third kappa shape index (κ3) is 2.92. The number of benzene rings is 1. The Kier molecular flexibility index (Phi) is 4.04. The Morgan fingerprint density at radius 2 is 1.83 bits per heavy atom. The third-order valence-corrected chi connectivity index (χ3v) is 2.80. The summed E-state index contributed by atoms with van der Waals surface area (Å²) in [5.41, 5.74) is -0.496. The molecule has 18 heavy (non-hydrogen) atoms. The maximum Gasteiger partial charge on any atom is 0.193 e. The molecule has 96 valence electrons. The molecular formula is C13H14F2N2O. The van der Waals surface area contributed by atoms with Crippen LogP contribution in [0.1, 0.15) is 10.4 Å². The molecule has 1 heterocycles. The average molecular weight is 252 g/mol. The first-order valence-corrected chi connectivity index (χ1v) is 5.80. The monoisotopic (exact) mass is 252 g/mol. The van der Waals surface area contributed by atoms with E-state index in [1.807, 2.05) is 4.90 Å². The number of ketones is 1. The standard InChI is InChI=1S/C13H14F2N2O/c14-10-2-1-3-11(15)13(10)12(18)4-7-17-8-5-16-6-9-17/h1-4,7,16H,5-6,8-9H2. The summed E-state index contributed by atoms with van der Waals surface area (Å²) >= 11 is 0. The maximum absolute atomic E-state index is 13.3. The van der Waals surface area contributed by atoms with Crippen molar-refractivity contribution in [3.63, 3.8) is 0 Å². The molecule has 0 unspecified atom stereocenters. The molecule has 0 atom stereocenters. The van der Waals surface area contributed by atoms with Crippen LogP contribution in [0.5, 0.6) is 0 Å². The number of rotatable bonds is 3. The largest absolute Gasteiger partial charge is 0.375 e. The summed E-state index contributed by atoms with van der Waals surface area (Å²) in [6, 6.07) is 3.39. The third-order valence-electron chi connectivity index (χ3n) is 2.80. The van der Waals surface area contributed by atoms with Gasteiger partial charge in [-0.3, -0.25) is 4.79 Å². The Morgan fingerprint density at radius 1 is 1.22 bits per heavy atom. The van der Waals surface area contributed by atoms with Crippen molar-refractivity contribution in [2.75, 3.05) is 26.2 Å². The van der Waals surface area contributed by atoms with Crippen molar-refractivity contribution in [1.82, 2.24) is 10.2 Å². The summed E-state index contributed by atoms with van der Waals surface area (Å²) in [4.78, 5) is 13.7. The van der Waals surface area contributed by atoms with Crippen LogP contribution >= 0.6 is 0 Å². The van der Waals surface area contributed by atoms with Gasteiger partial charge in [-0.05, 0) is 12.1 Å². The first-order valence-electron chi connectivity index (χ1n) is 5.80. The molecule has 1 aromatic carbocycles. The summed E-state index contributed by atoms with van der Waals surface area (Å²) in [6.45, 7) is 3.24. The first-order chi connectivity index (χ1) is 8.68. The van der Waals surface area contributed by atoms with Crippen molar-refractivity contribution in [2.24, 2.45) is 0 Å². The minimum Gasteiger partial charge on any atom is -0.375 e. The molecular weight excluding hydrogens is 238 g/mol. The second-order valence-corrected chi connectivity index (χ2v) is 4.06. The van der Waals surface area contributed by atoms with Crippen molar-refractivity contribution in [1.29, 1.82) is 0 Å². The Labute approximate surface area is 104 Å². The topological polar surface area (TPSA) is 32.3 Å². The summed E-state index contributed by atoms with van der Waals surface area (Å²) in [7, 11) is 0. The van der Waals surface area contributed by atoms with Gasteiger partial charge in [-0.2, -0.15) is 0 Å². The lowest BCUT2D eigenvalue weighted by atomic mass is 10.1. The van der Waals surface area contributed by atoms with Crippen molar-refractivity contribution in [3.05, 3.63) is 47.7 Å². The number of carbonyl (C=O) groups excluding carboxylic acids is 1. The highest BCUT2D eigenvalue weighted by atomic mass is 19.1. The summed E-state index contributed by atoms with van der Waals surface area (Å²) in [5, 5.41) is 3.17. The maximum atomic E-state index is 13.3. The van der Waals surface area contributed by atoms with Gasteiger partial charge in [0, 0.05) is 38.5 Å². The highest BCUT2D eigenvalue weighted by Crippen LogP contribution is 2.13. The fourth-order valence-corrected chi connectivity index (χ4v) is 1.82. The van der Waals surface area contributed by atoms with E-state index in [2.05, 4.69) is 5.32 Å². The molecule has 1 N–H and O–H groups in total. The lowest BCUT2D eigenvalue weighted by Crippen LogP contribution is -2.40. The number of allylic oxidation sites excluding steroid dienone is 1. The molecule has 0 saturated carbocycles. The van der Waals surface area contributed by atoms with E-state index in [-0.39, 0.29) is 0 Å². The number of carbonyl (C=O) groups is 1. The number of halogens is 2. The lowest BCUT2D eigenvalue weighted by Gasteiger charge is -2.25. The van der Waals surface area contributed by atoms with Crippen LogP contribution in [0.2, 0.25) is 0 Å². The molecule has 1 aliphatic heterocycles. The quantitative estimate of drug-likeness (QED) is 0.654. The van der Waals surface area contributed by atoms with E-state index in [9.17, 15) is 13.6 Å². The number of nitrogens with one attached hydrogen (secondary N) is 1. The predicted molar refractivity (Wildman–Crippen MR) is 64.3 cm³/mol. The van der Waals surface area contributed by atoms with Crippen LogP contribution in [-0.2, 0) is 0 Å². The van der Waals surface area contributed by atoms with Gasteiger partial charge in [0.1, 0.15) is 11.6 Å². The molecule has 1 aliphatic rings. The van der Waals surface area contributed by atoms with Crippen LogP contribution < -0.4 is 5.32 Å². The molecule has 0 bridgehead atoms. The van der Waals surface area contributed by atoms with E-state index in [1.54, 1.807) is 6.20 Å². The summed E-state index contributed by atoms with van der Waals surface area (Å²) in [6.07, 6.45) is 2.81. The van der Waals surface area contributed by atoms with Crippen LogP contribution in [0, 0.1) is 11.6 Å². The molecule has 0 radical (unpaired) electrons. The molecule has 0 spiro atoms. The van der Waals surface area contributed by atoms with E-state index in [0.717, 1.165) is 38.3 Å². The van der Waals surface area contributed by atoms with E-state index in [4.69, 9.17) is 0 Å².